The minimum Gasteiger partial charge on any atom is -0.471 e. The number of amides is 1. The van der Waals surface area contributed by atoms with Crippen molar-refractivity contribution >= 4 is 23.3 Å². The van der Waals surface area contributed by atoms with Crippen molar-refractivity contribution in [3.63, 3.8) is 0 Å². The van der Waals surface area contributed by atoms with Crippen LogP contribution in [-0.2, 0) is 13.3 Å². The largest absolute Gasteiger partial charge is 0.471 e. The van der Waals surface area contributed by atoms with Crippen molar-refractivity contribution in [1.82, 2.24) is 19.6 Å². The van der Waals surface area contributed by atoms with E-state index in [1.165, 1.54) is 0 Å². The molecule has 2 heterocycles. The van der Waals surface area contributed by atoms with E-state index in [-0.39, 0.29) is 12.4 Å². The van der Waals surface area contributed by atoms with Crippen LogP contribution in [0.3, 0.4) is 0 Å². The quantitative estimate of drug-likeness (QED) is 0.480. The normalized spacial score (nSPS) is 10.7. The van der Waals surface area contributed by atoms with Gasteiger partial charge in [-0.1, -0.05) is 60.1 Å². The van der Waals surface area contributed by atoms with Crippen molar-refractivity contribution in [3.05, 3.63) is 94.9 Å². The van der Waals surface area contributed by atoms with E-state index in [9.17, 15) is 4.79 Å². The van der Waals surface area contributed by atoms with Gasteiger partial charge in [-0.15, -0.1) is 0 Å². The lowest BCUT2D eigenvalue weighted by Crippen LogP contribution is -2.15. The number of nitrogens with one attached hydrogen (secondary N) is 1. The molecule has 0 atom stereocenters. The molecule has 0 aliphatic rings. The molecule has 0 spiro atoms. The second-order valence-electron chi connectivity index (χ2n) is 6.74. The van der Waals surface area contributed by atoms with E-state index in [2.05, 4.69) is 15.5 Å². The van der Waals surface area contributed by atoms with E-state index in [1.54, 1.807) is 27.8 Å². The fourth-order valence-electron chi connectivity index (χ4n) is 2.91. The third-order valence-corrected chi connectivity index (χ3v) is 4.73. The van der Waals surface area contributed by atoms with Gasteiger partial charge in [0.1, 0.15) is 10.8 Å². The number of para-hydroxylation sites is 1. The molecule has 0 aliphatic carbocycles. The average Bonchev–Trinajstić information content (AvgIpc) is 3.35. The molecular weight excluding hydrogens is 402 g/mol. The summed E-state index contributed by atoms with van der Waals surface area (Å²) in [5.41, 5.74) is 2.36. The van der Waals surface area contributed by atoms with Gasteiger partial charge >= 0.3 is 0 Å². The van der Waals surface area contributed by atoms with E-state index in [1.807, 2.05) is 61.5 Å². The molecule has 8 heteroatoms. The van der Waals surface area contributed by atoms with Crippen LogP contribution in [0.5, 0.6) is 5.75 Å². The first-order valence-corrected chi connectivity index (χ1v) is 9.76. The van der Waals surface area contributed by atoms with Gasteiger partial charge in [0.25, 0.3) is 5.91 Å². The summed E-state index contributed by atoms with van der Waals surface area (Å²) in [6, 6.07) is 19.2. The molecule has 0 radical (unpaired) electrons. The van der Waals surface area contributed by atoms with Crippen LogP contribution >= 0.6 is 11.6 Å². The molecule has 4 rings (SSSR count). The van der Waals surface area contributed by atoms with E-state index in [0.717, 1.165) is 16.9 Å². The summed E-state index contributed by atoms with van der Waals surface area (Å²) in [6.45, 7) is 2.73. The Bertz CT molecular complexity index is 1150. The van der Waals surface area contributed by atoms with Gasteiger partial charge in [0.2, 0.25) is 0 Å². The highest BCUT2D eigenvalue weighted by atomic mass is 35.5. The number of carbonyl (C=O) groups excluding carboxylic acids is 1. The fraction of sp³-hybridized carbons (Fsp3) is 0.136. The maximum Gasteiger partial charge on any atom is 0.277 e. The van der Waals surface area contributed by atoms with Crippen LogP contribution in [0.15, 0.2) is 73.1 Å². The minimum absolute atomic E-state index is 0.199. The predicted molar refractivity (Wildman–Crippen MR) is 115 cm³/mol. The number of benzene rings is 2. The summed E-state index contributed by atoms with van der Waals surface area (Å²) < 4.78 is 8.98. The fourth-order valence-corrected chi connectivity index (χ4v) is 3.11. The molecule has 0 fully saturated rings. The summed E-state index contributed by atoms with van der Waals surface area (Å²) in [5, 5.41) is 11.7. The Balaban J connectivity index is 1.38. The van der Waals surface area contributed by atoms with Crippen LogP contribution in [0.25, 0.3) is 0 Å². The van der Waals surface area contributed by atoms with Gasteiger partial charge in [-0.3, -0.25) is 9.48 Å². The van der Waals surface area contributed by atoms with Gasteiger partial charge in [0.15, 0.2) is 18.2 Å². The Labute approximate surface area is 178 Å². The van der Waals surface area contributed by atoms with Gasteiger partial charge in [-0.2, -0.15) is 10.2 Å². The Morgan fingerprint density at radius 2 is 1.80 bits per heavy atom. The zero-order valence-electron chi connectivity index (χ0n) is 16.3. The lowest BCUT2D eigenvalue weighted by molar-refractivity contribution is 0.101. The number of aryl methyl sites for hydroxylation is 1. The van der Waals surface area contributed by atoms with Gasteiger partial charge < -0.3 is 10.1 Å². The highest BCUT2D eigenvalue weighted by molar-refractivity contribution is 6.33. The molecule has 0 saturated carbocycles. The van der Waals surface area contributed by atoms with Crippen LogP contribution in [0.1, 0.15) is 21.6 Å². The maximum absolute atomic E-state index is 12.5. The predicted octanol–water partition coefficient (Wildman–Crippen LogP) is 4.38. The summed E-state index contributed by atoms with van der Waals surface area (Å²) in [5.74, 6) is 0.676. The molecule has 0 unspecified atom stereocenters. The second kappa shape index (κ2) is 8.84. The third kappa shape index (κ3) is 4.69. The Hall–Kier alpha value is -3.58. The van der Waals surface area contributed by atoms with E-state index >= 15 is 0 Å². The first-order valence-electron chi connectivity index (χ1n) is 9.38. The molecule has 0 aliphatic heterocycles. The Morgan fingerprint density at radius 1 is 1.03 bits per heavy atom. The number of halogens is 1. The second-order valence-corrected chi connectivity index (χ2v) is 7.15. The SMILES string of the molecule is Cc1ccccc1OCn1ccc(C(=O)Nc2nn(Cc3ccccc3)cc2Cl)n1. The van der Waals surface area contributed by atoms with Crippen LogP contribution in [0.2, 0.25) is 5.02 Å². The topological polar surface area (TPSA) is 74.0 Å². The molecule has 1 N–H and O–H groups in total. The molecular formula is C22H20ClN5O2. The molecule has 7 nitrogen and oxygen atoms in total. The van der Waals surface area contributed by atoms with Crippen LogP contribution in [-0.4, -0.2) is 25.5 Å². The monoisotopic (exact) mass is 421 g/mol. The van der Waals surface area contributed by atoms with Crippen molar-refractivity contribution in [2.75, 3.05) is 5.32 Å². The first kappa shape index (κ1) is 19.7. The molecule has 0 bridgehead atoms. The molecule has 4 aromatic rings. The summed E-state index contributed by atoms with van der Waals surface area (Å²) >= 11 is 6.24. The highest BCUT2D eigenvalue weighted by Gasteiger charge is 2.15. The Kier molecular flexibility index (Phi) is 5.81. The van der Waals surface area contributed by atoms with Crippen LogP contribution in [0.4, 0.5) is 5.82 Å². The van der Waals surface area contributed by atoms with Crippen molar-refractivity contribution in [2.24, 2.45) is 0 Å². The number of carbonyl (C=O) groups is 1. The van der Waals surface area contributed by atoms with Crippen LogP contribution in [0, 0.1) is 6.92 Å². The number of nitrogens with zero attached hydrogens (tertiary/aromatic N) is 4. The van der Waals surface area contributed by atoms with Gasteiger partial charge in [-0.05, 0) is 30.2 Å². The summed E-state index contributed by atoms with van der Waals surface area (Å²) in [7, 11) is 0. The minimum atomic E-state index is -0.392. The zero-order chi connectivity index (χ0) is 20.9. The van der Waals surface area contributed by atoms with Gasteiger partial charge in [0.05, 0.1) is 6.54 Å². The third-order valence-electron chi connectivity index (χ3n) is 4.46. The van der Waals surface area contributed by atoms with Crippen molar-refractivity contribution in [3.8, 4) is 5.75 Å². The van der Waals surface area contributed by atoms with Gasteiger partial charge in [0, 0.05) is 12.4 Å². The number of ether oxygens (including phenoxy) is 1. The number of rotatable bonds is 7. The van der Waals surface area contributed by atoms with Crippen molar-refractivity contribution in [1.29, 1.82) is 0 Å². The standard InChI is InChI=1S/C22H20ClN5O2/c1-16-7-5-6-10-20(16)30-15-27-12-11-19(25-27)22(29)24-21-18(23)14-28(26-21)13-17-8-3-2-4-9-17/h2-12,14H,13,15H2,1H3,(H,24,26,29). The summed E-state index contributed by atoms with van der Waals surface area (Å²) in [4.78, 5) is 12.5. The lowest BCUT2D eigenvalue weighted by atomic mass is 10.2. The first-order chi connectivity index (χ1) is 14.6. The van der Waals surface area contributed by atoms with E-state index in [4.69, 9.17) is 16.3 Å². The number of aromatic nitrogens is 4. The lowest BCUT2D eigenvalue weighted by Gasteiger charge is -2.08. The molecule has 30 heavy (non-hydrogen) atoms. The summed E-state index contributed by atoms with van der Waals surface area (Å²) in [6.07, 6.45) is 3.36. The Morgan fingerprint density at radius 3 is 2.60 bits per heavy atom. The molecule has 2 aromatic heterocycles. The van der Waals surface area contributed by atoms with Crippen molar-refractivity contribution < 1.29 is 9.53 Å². The molecule has 152 valence electrons. The van der Waals surface area contributed by atoms with E-state index < -0.39 is 5.91 Å². The number of hydrogen-bond donors (Lipinski definition) is 1. The number of hydrogen-bond acceptors (Lipinski definition) is 4. The molecule has 2 aromatic carbocycles. The van der Waals surface area contributed by atoms with E-state index in [0.29, 0.717) is 17.4 Å². The zero-order valence-corrected chi connectivity index (χ0v) is 17.1. The maximum atomic E-state index is 12.5. The highest BCUT2D eigenvalue weighted by Crippen LogP contribution is 2.21. The van der Waals surface area contributed by atoms with Gasteiger partial charge in [-0.25, -0.2) is 4.68 Å². The molecule has 1 amide bonds. The van der Waals surface area contributed by atoms with Crippen LogP contribution < -0.4 is 10.1 Å². The average molecular weight is 422 g/mol. The number of anilines is 1. The smallest absolute Gasteiger partial charge is 0.277 e. The molecule has 0 saturated heterocycles. The van der Waals surface area contributed by atoms with Crippen molar-refractivity contribution in [2.45, 2.75) is 20.2 Å².